The molecule has 0 aromatic heterocycles. The highest BCUT2D eigenvalue weighted by atomic mass is 32.2. The molecule has 1 N–H and O–H groups in total. The summed E-state index contributed by atoms with van der Waals surface area (Å²) in [4.78, 5) is 11.5. The molecule has 6 nitrogen and oxygen atoms in total. The average Bonchev–Trinajstić information content (AvgIpc) is 2.47. The predicted molar refractivity (Wildman–Crippen MR) is 76.6 cm³/mol. The highest BCUT2D eigenvalue weighted by Gasteiger charge is 2.29. The van der Waals surface area contributed by atoms with E-state index in [0.717, 1.165) is 18.9 Å². The average molecular weight is 313 g/mol. The minimum atomic E-state index is -3.65. The normalized spacial score (nSPS) is 17.6. The first kappa shape index (κ1) is 15.8. The first-order valence-corrected chi connectivity index (χ1v) is 8.21. The van der Waals surface area contributed by atoms with E-state index in [1.165, 1.54) is 23.5 Å². The second kappa shape index (κ2) is 6.03. The number of carbonyl (C=O) groups is 1. The summed E-state index contributed by atoms with van der Waals surface area (Å²) in [5.74, 6) is -0.549. The van der Waals surface area contributed by atoms with Crippen molar-refractivity contribution in [1.82, 2.24) is 4.31 Å². The number of nitrogens with zero attached hydrogens (tertiary/aromatic N) is 1. The SMILES string of the molecule is COC(=O)c1cc(S(=O)(=O)N2CCC(C)CC2)ccc1O. The maximum atomic E-state index is 12.6. The van der Waals surface area contributed by atoms with Gasteiger partial charge in [0.25, 0.3) is 0 Å². The van der Waals surface area contributed by atoms with Gasteiger partial charge in [0.1, 0.15) is 11.3 Å². The Morgan fingerprint density at radius 1 is 1.33 bits per heavy atom. The monoisotopic (exact) mass is 313 g/mol. The number of carbonyl (C=O) groups excluding carboxylic acids is 1. The van der Waals surface area contributed by atoms with Crippen LogP contribution in [0, 0.1) is 5.92 Å². The molecule has 1 heterocycles. The summed E-state index contributed by atoms with van der Waals surface area (Å²) >= 11 is 0. The van der Waals surface area contributed by atoms with E-state index in [1.807, 2.05) is 0 Å². The Balaban J connectivity index is 2.34. The Kier molecular flexibility index (Phi) is 4.53. The molecule has 21 heavy (non-hydrogen) atoms. The maximum absolute atomic E-state index is 12.6. The minimum absolute atomic E-state index is 0.00440. The fourth-order valence-corrected chi connectivity index (χ4v) is 3.82. The van der Waals surface area contributed by atoms with Crippen molar-refractivity contribution in [3.8, 4) is 5.75 Å². The van der Waals surface area contributed by atoms with Gasteiger partial charge in [0.2, 0.25) is 10.0 Å². The number of aromatic hydroxyl groups is 1. The number of piperidine rings is 1. The van der Waals surface area contributed by atoms with Crippen LogP contribution in [0.4, 0.5) is 0 Å². The van der Waals surface area contributed by atoms with Gasteiger partial charge in [-0.15, -0.1) is 0 Å². The molecular weight excluding hydrogens is 294 g/mol. The van der Waals surface area contributed by atoms with Crippen LogP contribution >= 0.6 is 0 Å². The Labute approximate surface area is 124 Å². The van der Waals surface area contributed by atoms with Gasteiger partial charge in [0, 0.05) is 13.1 Å². The van der Waals surface area contributed by atoms with Crippen LogP contribution in [0.3, 0.4) is 0 Å². The molecule has 0 unspecified atom stereocenters. The zero-order valence-corrected chi connectivity index (χ0v) is 12.9. The lowest BCUT2D eigenvalue weighted by Crippen LogP contribution is -2.37. The molecule has 1 saturated heterocycles. The molecule has 0 atom stereocenters. The largest absolute Gasteiger partial charge is 0.507 e. The molecule has 0 aliphatic carbocycles. The van der Waals surface area contributed by atoms with Crippen molar-refractivity contribution in [2.75, 3.05) is 20.2 Å². The lowest BCUT2D eigenvalue weighted by molar-refractivity contribution is 0.0597. The molecule has 1 fully saturated rings. The Morgan fingerprint density at radius 2 is 1.95 bits per heavy atom. The lowest BCUT2D eigenvalue weighted by atomic mass is 10.0. The summed E-state index contributed by atoms with van der Waals surface area (Å²) in [5, 5.41) is 9.64. The minimum Gasteiger partial charge on any atom is -0.507 e. The van der Waals surface area contributed by atoms with E-state index in [1.54, 1.807) is 0 Å². The molecule has 2 rings (SSSR count). The number of sulfonamides is 1. The van der Waals surface area contributed by atoms with Crippen LogP contribution in [0.5, 0.6) is 5.75 Å². The van der Waals surface area contributed by atoms with Crippen LogP contribution in [0.25, 0.3) is 0 Å². The number of esters is 1. The van der Waals surface area contributed by atoms with Crippen molar-refractivity contribution in [2.45, 2.75) is 24.7 Å². The van der Waals surface area contributed by atoms with E-state index < -0.39 is 16.0 Å². The van der Waals surface area contributed by atoms with Crippen LogP contribution < -0.4 is 0 Å². The van der Waals surface area contributed by atoms with Gasteiger partial charge in [-0.25, -0.2) is 13.2 Å². The molecule has 0 spiro atoms. The van der Waals surface area contributed by atoms with Crippen LogP contribution in [0.15, 0.2) is 23.1 Å². The molecule has 0 amide bonds. The number of phenolic OH excluding ortho intramolecular Hbond substituents is 1. The third-order valence-electron chi connectivity index (χ3n) is 3.75. The van der Waals surface area contributed by atoms with Gasteiger partial charge >= 0.3 is 5.97 Å². The van der Waals surface area contributed by atoms with Gasteiger partial charge in [-0.2, -0.15) is 4.31 Å². The van der Waals surface area contributed by atoms with E-state index in [4.69, 9.17) is 0 Å². The van der Waals surface area contributed by atoms with Crippen molar-refractivity contribution in [2.24, 2.45) is 5.92 Å². The number of phenols is 1. The second-order valence-corrected chi connectivity index (χ2v) is 7.20. The molecular formula is C14H19NO5S. The maximum Gasteiger partial charge on any atom is 0.341 e. The number of hydrogen-bond acceptors (Lipinski definition) is 5. The van der Waals surface area contributed by atoms with E-state index in [-0.39, 0.29) is 16.2 Å². The van der Waals surface area contributed by atoms with Crippen molar-refractivity contribution >= 4 is 16.0 Å². The molecule has 0 saturated carbocycles. The fraction of sp³-hybridized carbons (Fsp3) is 0.500. The number of hydrogen-bond donors (Lipinski definition) is 1. The highest BCUT2D eigenvalue weighted by Crippen LogP contribution is 2.27. The van der Waals surface area contributed by atoms with Gasteiger partial charge in [-0.1, -0.05) is 6.92 Å². The molecule has 116 valence electrons. The van der Waals surface area contributed by atoms with E-state index in [2.05, 4.69) is 11.7 Å². The second-order valence-electron chi connectivity index (χ2n) is 5.26. The quantitative estimate of drug-likeness (QED) is 0.857. The van der Waals surface area contributed by atoms with Crippen molar-refractivity contribution in [1.29, 1.82) is 0 Å². The molecule has 1 aromatic carbocycles. The molecule has 1 aromatic rings. The first-order chi connectivity index (χ1) is 9.86. The third-order valence-corrected chi connectivity index (χ3v) is 5.65. The number of rotatable bonds is 3. The summed E-state index contributed by atoms with van der Waals surface area (Å²) in [7, 11) is -2.48. The highest BCUT2D eigenvalue weighted by molar-refractivity contribution is 7.89. The zero-order chi connectivity index (χ0) is 15.6. The van der Waals surface area contributed by atoms with Crippen molar-refractivity contribution in [3.63, 3.8) is 0 Å². The molecule has 1 aliphatic heterocycles. The smallest absolute Gasteiger partial charge is 0.341 e. The Bertz CT molecular complexity index is 633. The van der Waals surface area contributed by atoms with Gasteiger partial charge in [-0.3, -0.25) is 0 Å². The summed E-state index contributed by atoms with van der Waals surface area (Å²) in [6, 6.07) is 3.66. The number of methoxy groups -OCH3 is 1. The fourth-order valence-electron chi connectivity index (χ4n) is 2.32. The van der Waals surface area contributed by atoms with Gasteiger partial charge in [0.05, 0.1) is 12.0 Å². The summed E-state index contributed by atoms with van der Waals surface area (Å²) < 4.78 is 31.1. The van der Waals surface area contributed by atoms with Crippen LogP contribution in [0.1, 0.15) is 30.1 Å². The van der Waals surface area contributed by atoms with E-state index in [9.17, 15) is 18.3 Å². The van der Waals surface area contributed by atoms with Crippen LogP contribution in [0.2, 0.25) is 0 Å². The van der Waals surface area contributed by atoms with Gasteiger partial charge in [-0.05, 0) is 37.0 Å². The van der Waals surface area contributed by atoms with Crippen LogP contribution in [-0.2, 0) is 14.8 Å². The third kappa shape index (κ3) is 3.19. The first-order valence-electron chi connectivity index (χ1n) is 6.77. The molecule has 0 radical (unpaired) electrons. The van der Waals surface area contributed by atoms with Crippen molar-refractivity contribution in [3.05, 3.63) is 23.8 Å². The summed E-state index contributed by atoms with van der Waals surface area (Å²) in [6.07, 6.45) is 1.64. The number of ether oxygens (including phenoxy) is 1. The summed E-state index contributed by atoms with van der Waals surface area (Å²) in [6.45, 7) is 3.04. The molecule has 1 aliphatic rings. The van der Waals surface area contributed by atoms with Gasteiger partial charge < -0.3 is 9.84 Å². The lowest BCUT2D eigenvalue weighted by Gasteiger charge is -2.29. The van der Waals surface area contributed by atoms with Gasteiger partial charge in [0.15, 0.2) is 0 Å². The molecule has 0 bridgehead atoms. The topological polar surface area (TPSA) is 83.9 Å². The standard InChI is InChI=1S/C14H19NO5S/c1-10-5-7-15(8-6-10)21(18,19)11-3-4-13(16)12(9-11)14(17)20-2/h3-4,9-10,16H,5-8H2,1-2H3. The van der Waals surface area contributed by atoms with Crippen LogP contribution in [-0.4, -0.2) is 44.0 Å². The van der Waals surface area contributed by atoms with E-state index >= 15 is 0 Å². The molecule has 7 heteroatoms. The van der Waals surface area contributed by atoms with E-state index in [0.29, 0.717) is 19.0 Å². The van der Waals surface area contributed by atoms with Crippen molar-refractivity contribution < 1.29 is 23.1 Å². The predicted octanol–water partition coefficient (Wildman–Crippen LogP) is 1.60. The Morgan fingerprint density at radius 3 is 2.52 bits per heavy atom. The zero-order valence-electron chi connectivity index (χ0n) is 12.1. The summed E-state index contributed by atoms with van der Waals surface area (Å²) in [5.41, 5.74) is -0.149. The number of benzene rings is 1. The Hall–Kier alpha value is -1.60.